The molecule has 0 unspecified atom stereocenters. The fourth-order valence-electron chi connectivity index (χ4n) is 3.47. The van der Waals surface area contributed by atoms with Crippen LogP contribution in [0.2, 0.25) is 0 Å². The summed E-state index contributed by atoms with van der Waals surface area (Å²) in [6.45, 7) is -0.107. The van der Waals surface area contributed by atoms with Gasteiger partial charge in [0.2, 0.25) is 10.0 Å². The van der Waals surface area contributed by atoms with Crippen LogP contribution in [-0.2, 0) is 22.7 Å². The molecule has 1 N–H and O–H groups in total. The number of fused-ring (bicyclic) bond motifs is 1. The molecule has 0 fully saturated rings. The number of halogens is 3. The number of nitrogens with zero attached hydrogens (tertiary/aromatic N) is 2. The Kier molecular flexibility index (Phi) is 5.89. The molecule has 1 heterocycles. The van der Waals surface area contributed by atoms with E-state index in [0.717, 1.165) is 17.5 Å². The van der Waals surface area contributed by atoms with Crippen LogP contribution in [0.1, 0.15) is 16.7 Å². The highest BCUT2D eigenvalue weighted by molar-refractivity contribution is 7.89. The number of para-hydroxylation sites is 1. The maximum atomic E-state index is 13.8. The zero-order valence-corrected chi connectivity index (χ0v) is 17.8. The van der Waals surface area contributed by atoms with Crippen molar-refractivity contribution in [2.75, 3.05) is 0 Å². The Morgan fingerprint density at radius 1 is 0.970 bits per heavy atom. The van der Waals surface area contributed by atoms with Gasteiger partial charge in [0.25, 0.3) is 0 Å². The molecular weight excluding hydrogens is 451 g/mol. The van der Waals surface area contributed by atoms with Crippen LogP contribution in [-0.4, -0.2) is 13.4 Å². The first-order chi connectivity index (χ1) is 15.7. The van der Waals surface area contributed by atoms with Crippen LogP contribution in [0, 0.1) is 11.3 Å². The minimum atomic E-state index is -4.78. The lowest BCUT2D eigenvalue weighted by atomic mass is 9.98. The molecule has 0 spiro atoms. The molecule has 0 radical (unpaired) electrons. The Morgan fingerprint density at radius 3 is 2.39 bits per heavy atom. The van der Waals surface area contributed by atoms with Gasteiger partial charge in [-0.2, -0.15) is 18.4 Å². The summed E-state index contributed by atoms with van der Waals surface area (Å²) in [6, 6.07) is 19.2. The topological polar surface area (TPSA) is 82.8 Å². The van der Waals surface area contributed by atoms with Gasteiger partial charge >= 0.3 is 6.18 Å². The van der Waals surface area contributed by atoms with Crippen molar-refractivity contribution in [1.29, 1.82) is 5.26 Å². The van der Waals surface area contributed by atoms with Crippen molar-refractivity contribution in [3.63, 3.8) is 0 Å². The number of nitrogens with one attached hydrogen (secondary N) is 1. The normalized spacial score (nSPS) is 11.9. The summed E-state index contributed by atoms with van der Waals surface area (Å²) in [5.41, 5.74) is 0.603. The second-order valence-electron chi connectivity index (χ2n) is 7.21. The summed E-state index contributed by atoms with van der Waals surface area (Å²) in [6.07, 6.45) is -3.24. The highest BCUT2D eigenvalue weighted by atomic mass is 32.2. The van der Waals surface area contributed by atoms with Crippen molar-refractivity contribution in [3.05, 3.63) is 95.7 Å². The maximum Gasteiger partial charge on any atom is 0.417 e. The molecule has 33 heavy (non-hydrogen) atoms. The van der Waals surface area contributed by atoms with Gasteiger partial charge in [-0.1, -0.05) is 36.4 Å². The van der Waals surface area contributed by atoms with Crippen LogP contribution >= 0.6 is 0 Å². The van der Waals surface area contributed by atoms with Crippen LogP contribution in [0.15, 0.2) is 83.9 Å². The third-order valence-corrected chi connectivity index (χ3v) is 6.52. The van der Waals surface area contributed by atoms with E-state index in [1.54, 1.807) is 36.5 Å². The Morgan fingerprint density at radius 2 is 1.70 bits per heavy atom. The van der Waals surface area contributed by atoms with E-state index in [0.29, 0.717) is 22.7 Å². The summed E-state index contributed by atoms with van der Waals surface area (Å²) < 4.78 is 69.4. The van der Waals surface area contributed by atoms with Crippen LogP contribution in [0.4, 0.5) is 13.2 Å². The molecular formula is C24H16F3N3O2S. The van der Waals surface area contributed by atoms with Gasteiger partial charge in [-0.15, -0.1) is 0 Å². The summed E-state index contributed by atoms with van der Waals surface area (Å²) in [5.74, 6) is 0. The third-order valence-electron chi connectivity index (χ3n) is 5.12. The van der Waals surface area contributed by atoms with Gasteiger partial charge in [0.1, 0.15) is 0 Å². The molecule has 4 rings (SSSR count). The number of rotatable bonds is 5. The molecule has 0 saturated heterocycles. The largest absolute Gasteiger partial charge is 0.417 e. The molecule has 0 saturated carbocycles. The number of benzene rings is 3. The van der Waals surface area contributed by atoms with E-state index in [1.165, 1.54) is 24.3 Å². The number of aromatic nitrogens is 1. The summed E-state index contributed by atoms with van der Waals surface area (Å²) >= 11 is 0. The van der Waals surface area contributed by atoms with E-state index in [9.17, 15) is 21.6 Å². The number of hydrogen-bond acceptors (Lipinski definition) is 4. The molecule has 166 valence electrons. The second-order valence-corrected chi connectivity index (χ2v) is 8.97. The smallest absolute Gasteiger partial charge is 0.256 e. The van der Waals surface area contributed by atoms with Gasteiger partial charge in [-0.05, 0) is 53.1 Å². The second kappa shape index (κ2) is 8.65. The first-order valence-corrected chi connectivity index (χ1v) is 11.2. The SMILES string of the molecule is N#Cc1ccc(-c2ccc(S(=O)(=O)NCc3ccnc4ccccc34)cc2C(F)(F)F)cc1. The van der Waals surface area contributed by atoms with Crippen molar-refractivity contribution in [3.8, 4) is 17.2 Å². The van der Waals surface area contributed by atoms with E-state index < -0.39 is 26.7 Å². The number of nitriles is 1. The first kappa shape index (κ1) is 22.5. The highest BCUT2D eigenvalue weighted by Crippen LogP contribution is 2.38. The average molecular weight is 467 g/mol. The van der Waals surface area contributed by atoms with Crippen molar-refractivity contribution >= 4 is 20.9 Å². The predicted octanol–water partition coefficient (Wildman–Crippen LogP) is 5.27. The molecule has 0 aliphatic rings. The van der Waals surface area contributed by atoms with Gasteiger partial charge in [-0.3, -0.25) is 4.98 Å². The summed E-state index contributed by atoms with van der Waals surface area (Å²) in [4.78, 5) is 3.72. The highest BCUT2D eigenvalue weighted by Gasteiger charge is 2.35. The molecule has 0 amide bonds. The minimum Gasteiger partial charge on any atom is -0.256 e. The van der Waals surface area contributed by atoms with Gasteiger partial charge in [0.15, 0.2) is 0 Å². The monoisotopic (exact) mass is 467 g/mol. The van der Waals surface area contributed by atoms with E-state index in [-0.39, 0.29) is 17.7 Å². The Balaban J connectivity index is 1.68. The van der Waals surface area contributed by atoms with E-state index >= 15 is 0 Å². The first-order valence-electron chi connectivity index (χ1n) is 9.73. The standard InChI is InChI=1S/C24H16F3N3O2S/c25-24(26,27)22-13-19(9-10-20(22)17-7-5-16(14-28)6-8-17)33(31,32)30-15-18-11-12-29-23-4-2-1-3-21(18)23/h1-13,30H,15H2. The molecule has 0 aliphatic heterocycles. The lowest BCUT2D eigenvalue weighted by Crippen LogP contribution is -2.24. The van der Waals surface area contributed by atoms with Crippen LogP contribution in [0.3, 0.4) is 0 Å². The van der Waals surface area contributed by atoms with Crippen molar-refractivity contribution in [2.24, 2.45) is 0 Å². The molecule has 3 aromatic carbocycles. The van der Waals surface area contributed by atoms with E-state index in [1.807, 2.05) is 6.07 Å². The summed E-state index contributed by atoms with van der Waals surface area (Å²) in [5, 5.41) is 9.64. The van der Waals surface area contributed by atoms with Gasteiger partial charge in [0.05, 0.1) is 27.6 Å². The molecule has 0 atom stereocenters. The quantitative estimate of drug-likeness (QED) is 0.433. The Labute approximate surface area is 188 Å². The summed E-state index contributed by atoms with van der Waals surface area (Å²) in [7, 11) is -4.23. The molecule has 4 aromatic rings. The number of alkyl halides is 3. The fourth-order valence-corrected chi connectivity index (χ4v) is 4.50. The zero-order valence-electron chi connectivity index (χ0n) is 17.0. The molecule has 9 heteroatoms. The minimum absolute atomic E-state index is 0.107. The van der Waals surface area contributed by atoms with Crippen molar-refractivity contribution in [2.45, 2.75) is 17.6 Å². The van der Waals surface area contributed by atoms with Gasteiger partial charge in [0, 0.05) is 18.1 Å². The fraction of sp³-hybridized carbons (Fsp3) is 0.0833. The lowest BCUT2D eigenvalue weighted by molar-refractivity contribution is -0.137. The maximum absolute atomic E-state index is 13.8. The molecule has 5 nitrogen and oxygen atoms in total. The van der Waals surface area contributed by atoms with Crippen LogP contribution in [0.5, 0.6) is 0 Å². The molecule has 0 aliphatic carbocycles. The van der Waals surface area contributed by atoms with Crippen molar-refractivity contribution < 1.29 is 21.6 Å². The van der Waals surface area contributed by atoms with Gasteiger partial charge in [-0.25, -0.2) is 13.1 Å². The van der Waals surface area contributed by atoms with Gasteiger partial charge < -0.3 is 0 Å². The van der Waals surface area contributed by atoms with E-state index in [4.69, 9.17) is 5.26 Å². The Bertz CT molecular complexity index is 1470. The number of pyridine rings is 1. The average Bonchev–Trinajstić information content (AvgIpc) is 2.82. The van der Waals surface area contributed by atoms with Crippen molar-refractivity contribution in [1.82, 2.24) is 9.71 Å². The van der Waals surface area contributed by atoms with Crippen LogP contribution in [0.25, 0.3) is 22.0 Å². The number of sulfonamides is 1. The Hall–Kier alpha value is -3.74. The zero-order chi connectivity index (χ0) is 23.6. The molecule has 1 aromatic heterocycles. The van der Waals surface area contributed by atoms with Crippen LogP contribution < -0.4 is 4.72 Å². The predicted molar refractivity (Wildman–Crippen MR) is 117 cm³/mol. The number of hydrogen-bond donors (Lipinski definition) is 1. The molecule has 0 bridgehead atoms. The third kappa shape index (κ3) is 4.72. The lowest BCUT2D eigenvalue weighted by Gasteiger charge is -2.16. The van der Waals surface area contributed by atoms with E-state index in [2.05, 4.69) is 9.71 Å².